The van der Waals surface area contributed by atoms with Gasteiger partial charge in [0.05, 0.1) is 17.7 Å². The monoisotopic (exact) mass is 395 g/mol. The molecule has 2 amide bonds. The zero-order valence-electron chi connectivity index (χ0n) is 16.6. The summed E-state index contributed by atoms with van der Waals surface area (Å²) in [5.41, 5.74) is 4.67. The van der Waals surface area contributed by atoms with Crippen LogP contribution in [0.4, 0.5) is 5.69 Å². The van der Waals surface area contributed by atoms with Gasteiger partial charge in [0.2, 0.25) is 5.91 Å². The molecule has 0 saturated heterocycles. The zero-order valence-corrected chi connectivity index (χ0v) is 16.6. The van der Waals surface area contributed by atoms with Crippen LogP contribution in [0.25, 0.3) is 11.1 Å². The highest BCUT2D eigenvalue weighted by Crippen LogP contribution is 2.23. The Balaban J connectivity index is 1.66. The molecule has 5 heteroatoms. The van der Waals surface area contributed by atoms with Gasteiger partial charge in [-0.05, 0) is 66.1 Å². The number of amides is 2. The SMILES string of the molecule is C=CC(=O)Nc1ccc(C(=O)NC(C)c2ccc(-c3cccc(C#N)c3)cc2)cc1. The maximum absolute atomic E-state index is 12.5. The zero-order chi connectivity index (χ0) is 21.5. The lowest BCUT2D eigenvalue weighted by molar-refractivity contribution is -0.111. The van der Waals surface area contributed by atoms with Gasteiger partial charge in [-0.1, -0.05) is 43.0 Å². The molecule has 148 valence electrons. The summed E-state index contributed by atoms with van der Waals surface area (Å²) in [6.45, 7) is 5.32. The van der Waals surface area contributed by atoms with Crippen LogP contribution in [0.1, 0.15) is 34.5 Å². The molecule has 3 aromatic carbocycles. The molecule has 0 aliphatic rings. The van der Waals surface area contributed by atoms with Crippen molar-refractivity contribution < 1.29 is 9.59 Å². The average molecular weight is 395 g/mol. The van der Waals surface area contributed by atoms with Crippen molar-refractivity contribution in [3.63, 3.8) is 0 Å². The molecule has 3 aromatic rings. The van der Waals surface area contributed by atoms with Gasteiger partial charge in [-0.15, -0.1) is 0 Å². The fourth-order valence-electron chi connectivity index (χ4n) is 2.99. The van der Waals surface area contributed by atoms with Crippen LogP contribution in [-0.4, -0.2) is 11.8 Å². The summed E-state index contributed by atoms with van der Waals surface area (Å²) < 4.78 is 0. The third-order valence-electron chi connectivity index (χ3n) is 4.68. The van der Waals surface area contributed by atoms with Crippen molar-refractivity contribution in [1.82, 2.24) is 5.32 Å². The molecule has 0 aliphatic carbocycles. The third-order valence-corrected chi connectivity index (χ3v) is 4.68. The number of nitriles is 1. The summed E-state index contributed by atoms with van der Waals surface area (Å²) in [4.78, 5) is 23.9. The second kappa shape index (κ2) is 9.35. The first-order valence-corrected chi connectivity index (χ1v) is 9.45. The summed E-state index contributed by atoms with van der Waals surface area (Å²) in [5, 5.41) is 14.7. The normalized spacial score (nSPS) is 11.1. The fraction of sp³-hybridized carbons (Fsp3) is 0.0800. The van der Waals surface area contributed by atoms with Crippen molar-refractivity contribution in [2.75, 3.05) is 5.32 Å². The Bertz CT molecular complexity index is 1110. The minimum absolute atomic E-state index is 0.183. The molecule has 0 aromatic heterocycles. The van der Waals surface area contributed by atoms with Gasteiger partial charge in [0.1, 0.15) is 0 Å². The van der Waals surface area contributed by atoms with Crippen molar-refractivity contribution >= 4 is 17.5 Å². The van der Waals surface area contributed by atoms with Crippen molar-refractivity contribution in [1.29, 1.82) is 5.26 Å². The van der Waals surface area contributed by atoms with Crippen LogP contribution in [0, 0.1) is 11.3 Å². The van der Waals surface area contributed by atoms with Crippen molar-refractivity contribution in [2.24, 2.45) is 0 Å². The van der Waals surface area contributed by atoms with E-state index in [1.54, 1.807) is 30.3 Å². The summed E-state index contributed by atoms with van der Waals surface area (Å²) in [6.07, 6.45) is 1.19. The number of nitrogens with one attached hydrogen (secondary N) is 2. The second-order valence-corrected chi connectivity index (χ2v) is 6.78. The number of hydrogen-bond acceptors (Lipinski definition) is 3. The van der Waals surface area contributed by atoms with E-state index in [-0.39, 0.29) is 17.9 Å². The highest BCUT2D eigenvalue weighted by molar-refractivity contribution is 5.99. The quantitative estimate of drug-likeness (QED) is 0.586. The van der Waals surface area contributed by atoms with E-state index in [4.69, 9.17) is 5.26 Å². The average Bonchev–Trinajstić information content (AvgIpc) is 2.79. The van der Waals surface area contributed by atoms with Gasteiger partial charge in [0, 0.05) is 11.3 Å². The largest absolute Gasteiger partial charge is 0.346 e. The number of carbonyl (C=O) groups is 2. The van der Waals surface area contributed by atoms with Crippen LogP contribution in [0.2, 0.25) is 0 Å². The topological polar surface area (TPSA) is 82.0 Å². The first-order chi connectivity index (χ1) is 14.5. The maximum Gasteiger partial charge on any atom is 0.251 e. The van der Waals surface area contributed by atoms with Crippen molar-refractivity contribution in [3.8, 4) is 17.2 Å². The molecular weight excluding hydrogens is 374 g/mol. The number of rotatable bonds is 6. The highest BCUT2D eigenvalue weighted by atomic mass is 16.2. The molecule has 0 fully saturated rings. The summed E-state index contributed by atoms with van der Waals surface area (Å²) in [5.74, 6) is -0.501. The number of hydrogen-bond donors (Lipinski definition) is 2. The molecule has 1 unspecified atom stereocenters. The maximum atomic E-state index is 12.5. The molecule has 5 nitrogen and oxygen atoms in total. The van der Waals surface area contributed by atoms with Gasteiger partial charge in [-0.2, -0.15) is 5.26 Å². The van der Waals surface area contributed by atoms with Crippen LogP contribution in [0.3, 0.4) is 0 Å². The molecule has 30 heavy (non-hydrogen) atoms. The van der Waals surface area contributed by atoms with E-state index in [9.17, 15) is 9.59 Å². The van der Waals surface area contributed by atoms with E-state index in [0.717, 1.165) is 16.7 Å². The van der Waals surface area contributed by atoms with Gasteiger partial charge in [-0.3, -0.25) is 9.59 Å². The van der Waals surface area contributed by atoms with Gasteiger partial charge in [0.15, 0.2) is 0 Å². The summed E-state index contributed by atoms with van der Waals surface area (Å²) in [7, 11) is 0. The Kier molecular flexibility index (Phi) is 6.41. The second-order valence-electron chi connectivity index (χ2n) is 6.78. The van der Waals surface area contributed by atoms with Crippen LogP contribution >= 0.6 is 0 Å². The van der Waals surface area contributed by atoms with Crippen LogP contribution in [0.5, 0.6) is 0 Å². The lowest BCUT2D eigenvalue weighted by Crippen LogP contribution is -2.26. The van der Waals surface area contributed by atoms with Crippen LogP contribution in [-0.2, 0) is 4.79 Å². The Labute approximate surface area is 175 Å². The van der Waals surface area contributed by atoms with E-state index in [2.05, 4.69) is 23.3 Å². The van der Waals surface area contributed by atoms with E-state index in [1.165, 1.54) is 6.08 Å². The Morgan fingerprint density at radius 1 is 1.00 bits per heavy atom. The van der Waals surface area contributed by atoms with Gasteiger partial charge >= 0.3 is 0 Å². The Hall–Kier alpha value is -4.17. The molecule has 0 bridgehead atoms. The van der Waals surface area contributed by atoms with E-state index in [0.29, 0.717) is 16.8 Å². The van der Waals surface area contributed by atoms with E-state index < -0.39 is 0 Å². The number of carbonyl (C=O) groups excluding carboxylic acids is 2. The number of benzene rings is 3. The van der Waals surface area contributed by atoms with Crippen molar-refractivity contribution in [3.05, 3.63) is 102 Å². The van der Waals surface area contributed by atoms with Crippen LogP contribution < -0.4 is 10.6 Å². The standard InChI is InChI=1S/C25H21N3O2/c1-3-24(29)28-23-13-11-21(12-14-23)25(30)27-17(2)19-7-9-20(10-8-19)22-6-4-5-18(15-22)16-26/h3-15,17H,1H2,2H3,(H,27,30)(H,28,29). The smallest absolute Gasteiger partial charge is 0.251 e. The number of anilines is 1. The highest BCUT2D eigenvalue weighted by Gasteiger charge is 2.12. The van der Waals surface area contributed by atoms with Gasteiger partial charge in [0.25, 0.3) is 5.91 Å². The fourth-order valence-corrected chi connectivity index (χ4v) is 2.99. The molecular formula is C25H21N3O2. The first-order valence-electron chi connectivity index (χ1n) is 9.45. The minimum atomic E-state index is -0.302. The summed E-state index contributed by atoms with van der Waals surface area (Å²) >= 11 is 0. The molecule has 2 N–H and O–H groups in total. The summed E-state index contributed by atoms with van der Waals surface area (Å²) in [6, 6.07) is 24.0. The molecule has 1 atom stereocenters. The molecule has 3 rings (SSSR count). The predicted octanol–water partition coefficient (Wildman–Crippen LogP) is 4.84. The molecule has 0 radical (unpaired) electrons. The van der Waals surface area contributed by atoms with Gasteiger partial charge < -0.3 is 10.6 Å². The van der Waals surface area contributed by atoms with Crippen molar-refractivity contribution in [2.45, 2.75) is 13.0 Å². The third kappa shape index (κ3) is 5.00. The van der Waals surface area contributed by atoms with E-state index in [1.807, 2.05) is 49.4 Å². The molecule has 0 heterocycles. The van der Waals surface area contributed by atoms with Gasteiger partial charge in [-0.25, -0.2) is 0 Å². The molecule has 0 saturated carbocycles. The predicted molar refractivity (Wildman–Crippen MR) is 118 cm³/mol. The lowest BCUT2D eigenvalue weighted by atomic mass is 10.00. The lowest BCUT2D eigenvalue weighted by Gasteiger charge is -2.15. The van der Waals surface area contributed by atoms with E-state index >= 15 is 0 Å². The first kappa shape index (κ1) is 20.6. The molecule has 0 aliphatic heterocycles. The Morgan fingerprint density at radius 3 is 2.33 bits per heavy atom. The Morgan fingerprint density at radius 2 is 1.70 bits per heavy atom. The van der Waals surface area contributed by atoms with Crippen LogP contribution in [0.15, 0.2) is 85.5 Å². The minimum Gasteiger partial charge on any atom is -0.346 e. The number of nitrogens with zero attached hydrogens (tertiary/aromatic N) is 1. The molecule has 0 spiro atoms.